The van der Waals surface area contributed by atoms with Crippen LogP contribution in [0.3, 0.4) is 0 Å². The van der Waals surface area contributed by atoms with Gasteiger partial charge in [-0.25, -0.2) is 0 Å². The molecule has 6 heteroatoms. The van der Waals surface area contributed by atoms with E-state index in [0.29, 0.717) is 9.23 Å². The SMILES string of the molecule is O=C1NC(=S)S/C1=C\c1sccc1Br. The molecule has 1 aliphatic heterocycles. The highest BCUT2D eigenvalue weighted by atomic mass is 79.9. The zero-order valence-corrected chi connectivity index (χ0v) is 10.8. The molecule has 0 spiro atoms. The van der Waals surface area contributed by atoms with E-state index in [2.05, 4.69) is 21.2 Å². The topological polar surface area (TPSA) is 29.1 Å². The standard InChI is InChI=1S/C8H4BrNOS3/c9-4-1-2-13-5(4)3-6-7(11)10-8(12)14-6/h1-3H,(H,10,11,12)/b6-3-. The van der Waals surface area contributed by atoms with E-state index in [-0.39, 0.29) is 5.91 Å². The third-order valence-corrected chi connectivity index (χ3v) is 4.53. The molecule has 0 saturated carbocycles. The first kappa shape index (κ1) is 10.4. The average molecular weight is 306 g/mol. The van der Waals surface area contributed by atoms with Crippen LogP contribution in [-0.2, 0) is 4.79 Å². The number of rotatable bonds is 1. The molecule has 1 aliphatic rings. The second-order valence-electron chi connectivity index (χ2n) is 2.49. The smallest absolute Gasteiger partial charge is 0.263 e. The summed E-state index contributed by atoms with van der Waals surface area (Å²) in [5.41, 5.74) is 0. The van der Waals surface area contributed by atoms with E-state index in [4.69, 9.17) is 12.2 Å². The summed E-state index contributed by atoms with van der Waals surface area (Å²) in [5, 5.41) is 4.54. The molecule has 1 N–H and O–H groups in total. The number of halogens is 1. The van der Waals surface area contributed by atoms with E-state index in [1.807, 2.05) is 17.5 Å². The van der Waals surface area contributed by atoms with Gasteiger partial charge in [0.2, 0.25) is 0 Å². The Balaban J connectivity index is 2.32. The number of thiophene rings is 1. The van der Waals surface area contributed by atoms with E-state index in [1.165, 1.54) is 11.8 Å². The van der Waals surface area contributed by atoms with Crippen molar-refractivity contribution in [1.29, 1.82) is 0 Å². The van der Waals surface area contributed by atoms with Crippen molar-refractivity contribution in [2.24, 2.45) is 0 Å². The summed E-state index contributed by atoms with van der Waals surface area (Å²) in [6.07, 6.45) is 1.84. The van der Waals surface area contributed by atoms with Crippen LogP contribution in [0.15, 0.2) is 20.8 Å². The van der Waals surface area contributed by atoms with Crippen LogP contribution in [-0.4, -0.2) is 10.2 Å². The Hall–Kier alpha value is -0.170. The number of hydrogen-bond acceptors (Lipinski definition) is 4. The summed E-state index contributed by atoms with van der Waals surface area (Å²) in [4.78, 5) is 13.0. The summed E-state index contributed by atoms with van der Waals surface area (Å²) in [6.45, 7) is 0. The summed E-state index contributed by atoms with van der Waals surface area (Å²) in [6, 6.07) is 1.95. The number of nitrogens with one attached hydrogen (secondary N) is 1. The molecule has 0 radical (unpaired) electrons. The molecular weight excluding hydrogens is 302 g/mol. The van der Waals surface area contributed by atoms with Gasteiger partial charge in [0.25, 0.3) is 5.91 Å². The molecule has 1 saturated heterocycles. The minimum Gasteiger partial charge on any atom is -0.307 e. The molecule has 0 aromatic carbocycles. The zero-order chi connectivity index (χ0) is 10.1. The van der Waals surface area contributed by atoms with E-state index < -0.39 is 0 Å². The van der Waals surface area contributed by atoms with Gasteiger partial charge in [0.05, 0.1) is 4.91 Å². The number of thiocarbonyl (C=S) groups is 1. The van der Waals surface area contributed by atoms with Gasteiger partial charge >= 0.3 is 0 Å². The number of amides is 1. The number of carbonyl (C=O) groups is 1. The fourth-order valence-electron chi connectivity index (χ4n) is 0.949. The maximum Gasteiger partial charge on any atom is 0.263 e. The minimum absolute atomic E-state index is 0.111. The third-order valence-electron chi connectivity index (χ3n) is 1.55. The molecule has 72 valence electrons. The average Bonchev–Trinajstić information content (AvgIpc) is 2.62. The molecule has 1 aromatic rings. The predicted molar refractivity (Wildman–Crippen MR) is 68.3 cm³/mol. The lowest BCUT2D eigenvalue weighted by atomic mass is 10.4. The summed E-state index contributed by atoms with van der Waals surface area (Å²) in [5.74, 6) is -0.111. The second kappa shape index (κ2) is 4.14. The molecule has 2 nitrogen and oxygen atoms in total. The van der Waals surface area contributed by atoms with Gasteiger partial charge in [-0.05, 0) is 33.5 Å². The normalized spacial score (nSPS) is 19.1. The monoisotopic (exact) mass is 305 g/mol. The van der Waals surface area contributed by atoms with Crippen molar-refractivity contribution in [2.45, 2.75) is 0 Å². The highest BCUT2D eigenvalue weighted by Gasteiger charge is 2.22. The highest BCUT2D eigenvalue weighted by Crippen LogP contribution is 2.30. The van der Waals surface area contributed by atoms with Gasteiger partial charge < -0.3 is 5.32 Å². The Morgan fingerprint density at radius 3 is 2.86 bits per heavy atom. The van der Waals surface area contributed by atoms with Crippen molar-refractivity contribution >= 4 is 67.6 Å². The van der Waals surface area contributed by atoms with Crippen molar-refractivity contribution < 1.29 is 4.79 Å². The third kappa shape index (κ3) is 2.08. The molecule has 0 atom stereocenters. The lowest BCUT2D eigenvalue weighted by Crippen LogP contribution is -2.17. The Kier molecular flexibility index (Phi) is 3.06. The van der Waals surface area contributed by atoms with Gasteiger partial charge in [-0.1, -0.05) is 24.0 Å². The first-order valence-corrected chi connectivity index (χ1v) is 6.54. The molecule has 1 amide bonds. The molecule has 2 rings (SSSR count). The summed E-state index contributed by atoms with van der Waals surface area (Å²) < 4.78 is 1.52. The van der Waals surface area contributed by atoms with Crippen LogP contribution in [0.2, 0.25) is 0 Å². The van der Waals surface area contributed by atoms with E-state index in [0.717, 1.165) is 9.35 Å². The van der Waals surface area contributed by atoms with Crippen molar-refractivity contribution in [3.63, 3.8) is 0 Å². The lowest BCUT2D eigenvalue weighted by Gasteiger charge is -1.90. The van der Waals surface area contributed by atoms with Gasteiger partial charge in [-0.15, -0.1) is 11.3 Å². The second-order valence-corrected chi connectivity index (χ2v) is 6.01. The quantitative estimate of drug-likeness (QED) is 0.639. The van der Waals surface area contributed by atoms with Gasteiger partial charge in [-0.2, -0.15) is 0 Å². The van der Waals surface area contributed by atoms with Crippen LogP contribution in [0.5, 0.6) is 0 Å². The maximum absolute atomic E-state index is 11.3. The molecule has 0 aliphatic carbocycles. The minimum atomic E-state index is -0.111. The van der Waals surface area contributed by atoms with Crippen LogP contribution in [0.25, 0.3) is 6.08 Å². The lowest BCUT2D eigenvalue weighted by molar-refractivity contribution is -0.115. The van der Waals surface area contributed by atoms with E-state index in [9.17, 15) is 4.79 Å². The summed E-state index contributed by atoms with van der Waals surface area (Å²) >= 11 is 11.2. The summed E-state index contributed by atoms with van der Waals surface area (Å²) in [7, 11) is 0. The molecule has 1 aromatic heterocycles. The van der Waals surface area contributed by atoms with Crippen molar-refractivity contribution in [3.05, 3.63) is 25.7 Å². The van der Waals surface area contributed by atoms with E-state index >= 15 is 0 Å². The fourth-order valence-corrected chi connectivity index (χ4v) is 3.47. The van der Waals surface area contributed by atoms with Gasteiger partial charge in [0.15, 0.2) is 0 Å². The highest BCUT2D eigenvalue weighted by molar-refractivity contribution is 9.10. The van der Waals surface area contributed by atoms with Crippen LogP contribution in [0.4, 0.5) is 0 Å². The molecule has 2 heterocycles. The Labute approximate surface area is 103 Å². The first-order chi connectivity index (χ1) is 6.66. The van der Waals surface area contributed by atoms with Crippen LogP contribution in [0.1, 0.15) is 4.88 Å². The van der Waals surface area contributed by atoms with Crippen molar-refractivity contribution in [2.75, 3.05) is 0 Å². The number of carbonyl (C=O) groups excluding carboxylic acids is 1. The van der Waals surface area contributed by atoms with Gasteiger partial charge in [-0.3, -0.25) is 4.79 Å². The Morgan fingerprint density at radius 2 is 2.36 bits per heavy atom. The first-order valence-electron chi connectivity index (χ1n) is 3.64. The van der Waals surface area contributed by atoms with Crippen molar-refractivity contribution in [1.82, 2.24) is 5.32 Å². The Morgan fingerprint density at radius 1 is 1.57 bits per heavy atom. The van der Waals surface area contributed by atoms with Crippen LogP contribution in [0, 0.1) is 0 Å². The predicted octanol–water partition coefficient (Wildman–Crippen LogP) is 3.00. The zero-order valence-electron chi connectivity index (χ0n) is 6.74. The maximum atomic E-state index is 11.3. The largest absolute Gasteiger partial charge is 0.307 e. The number of thioether (sulfide) groups is 1. The van der Waals surface area contributed by atoms with Gasteiger partial charge in [0, 0.05) is 9.35 Å². The Bertz CT molecular complexity index is 438. The van der Waals surface area contributed by atoms with Crippen LogP contribution < -0.4 is 5.32 Å². The number of hydrogen-bond donors (Lipinski definition) is 1. The molecule has 0 bridgehead atoms. The molecule has 0 unspecified atom stereocenters. The molecular formula is C8H4BrNOS3. The van der Waals surface area contributed by atoms with Crippen LogP contribution >= 0.6 is 51.2 Å². The fraction of sp³-hybridized carbons (Fsp3) is 0. The molecule has 1 fully saturated rings. The van der Waals surface area contributed by atoms with E-state index in [1.54, 1.807) is 11.3 Å². The van der Waals surface area contributed by atoms with Gasteiger partial charge in [0.1, 0.15) is 4.32 Å². The molecule has 14 heavy (non-hydrogen) atoms. The van der Waals surface area contributed by atoms with Crippen molar-refractivity contribution in [3.8, 4) is 0 Å².